The molecule has 0 saturated heterocycles. The molecule has 2 rings (SSSR count). The van der Waals surface area contributed by atoms with E-state index in [0.717, 1.165) is 11.3 Å². The van der Waals surface area contributed by atoms with E-state index in [1.165, 1.54) is 4.90 Å². The van der Waals surface area contributed by atoms with Gasteiger partial charge in [-0.3, -0.25) is 4.79 Å². The van der Waals surface area contributed by atoms with E-state index in [1.54, 1.807) is 11.8 Å². The van der Waals surface area contributed by atoms with Gasteiger partial charge in [-0.25, -0.2) is 0 Å². The first kappa shape index (κ1) is 14.8. The van der Waals surface area contributed by atoms with Crippen LogP contribution in [-0.2, 0) is 11.2 Å². The number of hydrogen-bond donors (Lipinski definition) is 0. The maximum absolute atomic E-state index is 11.6. The number of aromatic nitrogens is 2. The standard InChI is InChI=1S/C15H18N2O2S/c1-4-20-12-7-5-11(6-8-12)15-16-14(19-17-15)9-13(18)10(2)3/h5-8,10H,4,9H2,1-3H3. The first-order valence-corrected chi connectivity index (χ1v) is 7.67. The molecule has 1 heterocycles. The number of carbonyl (C=O) groups is 1. The van der Waals surface area contributed by atoms with Crippen LogP contribution in [0, 0.1) is 5.92 Å². The molecule has 0 amide bonds. The fourth-order valence-electron chi connectivity index (χ4n) is 1.66. The summed E-state index contributed by atoms with van der Waals surface area (Å²) >= 11 is 1.79. The number of nitrogens with zero attached hydrogens (tertiary/aromatic N) is 2. The van der Waals surface area contributed by atoms with Gasteiger partial charge in [0.25, 0.3) is 0 Å². The molecular formula is C15H18N2O2S. The van der Waals surface area contributed by atoms with Gasteiger partial charge in [0.05, 0.1) is 6.42 Å². The lowest BCUT2D eigenvalue weighted by molar-refractivity contribution is -0.121. The van der Waals surface area contributed by atoms with Crippen LogP contribution in [0.2, 0.25) is 0 Å². The van der Waals surface area contributed by atoms with Gasteiger partial charge >= 0.3 is 0 Å². The zero-order chi connectivity index (χ0) is 14.5. The molecule has 20 heavy (non-hydrogen) atoms. The van der Waals surface area contributed by atoms with Crippen molar-refractivity contribution in [1.29, 1.82) is 0 Å². The van der Waals surface area contributed by atoms with Crippen molar-refractivity contribution in [2.75, 3.05) is 5.75 Å². The minimum absolute atomic E-state index is 0.0179. The van der Waals surface area contributed by atoms with Crippen LogP contribution in [-0.4, -0.2) is 21.7 Å². The van der Waals surface area contributed by atoms with Crippen molar-refractivity contribution in [3.05, 3.63) is 30.2 Å². The molecule has 0 aliphatic rings. The average Bonchev–Trinajstić information content (AvgIpc) is 2.88. The zero-order valence-corrected chi connectivity index (χ0v) is 12.7. The topological polar surface area (TPSA) is 56.0 Å². The summed E-state index contributed by atoms with van der Waals surface area (Å²) in [6, 6.07) is 8.02. The second-order valence-electron chi connectivity index (χ2n) is 4.77. The zero-order valence-electron chi connectivity index (χ0n) is 11.9. The van der Waals surface area contributed by atoms with Crippen LogP contribution in [0.3, 0.4) is 0 Å². The SMILES string of the molecule is CCSc1ccc(-c2noc(CC(=O)C(C)C)n2)cc1. The van der Waals surface area contributed by atoms with Crippen molar-refractivity contribution in [3.8, 4) is 11.4 Å². The van der Waals surface area contributed by atoms with E-state index in [4.69, 9.17) is 4.52 Å². The molecule has 0 aliphatic carbocycles. The van der Waals surface area contributed by atoms with Crippen molar-refractivity contribution < 1.29 is 9.32 Å². The summed E-state index contributed by atoms with van der Waals surface area (Å²) in [7, 11) is 0. The van der Waals surface area contributed by atoms with Crippen molar-refractivity contribution in [1.82, 2.24) is 10.1 Å². The van der Waals surface area contributed by atoms with Gasteiger partial charge in [0.1, 0.15) is 5.78 Å². The van der Waals surface area contributed by atoms with Crippen LogP contribution < -0.4 is 0 Å². The molecule has 2 aromatic rings. The quantitative estimate of drug-likeness (QED) is 0.761. The maximum Gasteiger partial charge on any atom is 0.234 e. The molecular weight excluding hydrogens is 272 g/mol. The highest BCUT2D eigenvalue weighted by Crippen LogP contribution is 2.22. The van der Waals surface area contributed by atoms with Crippen LogP contribution in [0.15, 0.2) is 33.7 Å². The summed E-state index contributed by atoms with van der Waals surface area (Å²) in [5.41, 5.74) is 0.900. The fraction of sp³-hybridized carbons (Fsp3) is 0.400. The Morgan fingerprint density at radius 2 is 2.00 bits per heavy atom. The number of benzene rings is 1. The second-order valence-corrected chi connectivity index (χ2v) is 6.10. The molecule has 0 unspecified atom stereocenters. The van der Waals surface area contributed by atoms with Gasteiger partial charge in [0, 0.05) is 16.4 Å². The smallest absolute Gasteiger partial charge is 0.234 e. The summed E-state index contributed by atoms with van der Waals surface area (Å²) in [6.07, 6.45) is 0.203. The molecule has 1 aromatic heterocycles. The molecule has 0 spiro atoms. The average molecular weight is 290 g/mol. The molecule has 0 N–H and O–H groups in total. The van der Waals surface area contributed by atoms with Gasteiger partial charge in [-0.05, 0) is 30.0 Å². The molecule has 0 fully saturated rings. The van der Waals surface area contributed by atoms with Crippen LogP contribution in [0.25, 0.3) is 11.4 Å². The normalized spacial score (nSPS) is 11.0. The Bertz CT molecular complexity index is 576. The van der Waals surface area contributed by atoms with Gasteiger partial charge in [0.2, 0.25) is 11.7 Å². The number of ketones is 1. The van der Waals surface area contributed by atoms with Gasteiger partial charge < -0.3 is 4.52 Å². The van der Waals surface area contributed by atoms with Crippen LogP contribution in [0.4, 0.5) is 0 Å². The van der Waals surface area contributed by atoms with Gasteiger partial charge in [0.15, 0.2) is 0 Å². The minimum atomic E-state index is -0.0179. The lowest BCUT2D eigenvalue weighted by Crippen LogP contribution is -2.10. The highest BCUT2D eigenvalue weighted by molar-refractivity contribution is 7.99. The summed E-state index contributed by atoms with van der Waals surface area (Å²) in [5.74, 6) is 2.05. The summed E-state index contributed by atoms with van der Waals surface area (Å²) in [5, 5.41) is 3.93. The lowest BCUT2D eigenvalue weighted by atomic mass is 10.1. The summed E-state index contributed by atoms with van der Waals surface area (Å²) in [6.45, 7) is 5.85. The third-order valence-corrected chi connectivity index (χ3v) is 3.76. The number of thioether (sulfide) groups is 1. The van der Waals surface area contributed by atoms with Gasteiger partial charge in [-0.2, -0.15) is 4.98 Å². The molecule has 0 radical (unpaired) electrons. The number of Topliss-reactive ketones (excluding diaryl/α,β-unsaturated/α-hetero) is 1. The van der Waals surface area contributed by atoms with Crippen molar-refractivity contribution in [2.24, 2.45) is 5.92 Å². The van der Waals surface area contributed by atoms with Crippen LogP contribution in [0.1, 0.15) is 26.7 Å². The molecule has 4 nitrogen and oxygen atoms in total. The molecule has 1 aromatic carbocycles. The van der Waals surface area contributed by atoms with E-state index in [9.17, 15) is 4.79 Å². The highest BCUT2D eigenvalue weighted by atomic mass is 32.2. The van der Waals surface area contributed by atoms with Crippen molar-refractivity contribution >= 4 is 17.5 Å². The Balaban J connectivity index is 2.10. The Hall–Kier alpha value is -1.62. The Labute approximate surface area is 123 Å². The van der Waals surface area contributed by atoms with Crippen LogP contribution >= 0.6 is 11.8 Å². The van der Waals surface area contributed by atoms with E-state index in [2.05, 4.69) is 17.1 Å². The molecule has 0 bridgehead atoms. The van der Waals surface area contributed by atoms with E-state index in [0.29, 0.717) is 11.7 Å². The Morgan fingerprint density at radius 1 is 1.30 bits per heavy atom. The van der Waals surface area contributed by atoms with E-state index in [1.807, 2.05) is 38.1 Å². The van der Waals surface area contributed by atoms with E-state index < -0.39 is 0 Å². The second kappa shape index (κ2) is 6.70. The van der Waals surface area contributed by atoms with E-state index >= 15 is 0 Å². The molecule has 106 valence electrons. The molecule has 0 saturated carbocycles. The highest BCUT2D eigenvalue weighted by Gasteiger charge is 2.14. The van der Waals surface area contributed by atoms with E-state index in [-0.39, 0.29) is 18.1 Å². The van der Waals surface area contributed by atoms with Crippen molar-refractivity contribution in [2.45, 2.75) is 32.1 Å². The van der Waals surface area contributed by atoms with Gasteiger partial charge in [-0.1, -0.05) is 25.9 Å². The Kier molecular flexibility index (Phi) is 4.95. The third-order valence-electron chi connectivity index (χ3n) is 2.86. The predicted octanol–water partition coefficient (Wildman–Crippen LogP) is 3.62. The first-order valence-electron chi connectivity index (χ1n) is 6.68. The van der Waals surface area contributed by atoms with Gasteiger partial charge in [-0.15, -0.1) is 11.8 Å². The largest absolute Gasteiger partial charge is 0.339 e. The molecule has 5 heteroatoms. The van der Waals surface area contributed by atoms with Crippen LogP contribution in [0.5, 0.6) is 0 Å². The summed E-state index contributed by atoms with van der Waals surface area (Å²) < 4.78 is 5.13. The monoisotopic (exact) mass is 290 g/mol. The summed E-state index contributed by atoms with van der Waals surface area (Å²) in [4.78, 5) is 17.1. The first-order chi connectivity index (χ1) is 9.60. The lowest BCUT2D eigenvalue weighted by Gasteiger charge is -1.99. The number of rotatable bonds is 6. The number of carbonyl (C=O) groups excluding carboxylic acids is 1. The molecule has 0 aliphatic heterocycles. The Morgan fingerprint density at radius 3 is 2.60 bits per heavy atom. The van der Waals surface area contributed by atoms with Crippen molar-refractivity contribution in [3.63, 3.8) is 0 Å². The maximum atomic E-state index is 11.6. The third kappa shape index (κ3) is 3.70. The minimum Gasteiger partial charge on any atom is -0.339 e. The number of hydrogen-bond acceptors (Lipinski definition) is 5. The predicted molar refractivity (Wildman–Crippen MR) is 79.7 cm³/mol. The molecule has 0 atom stereocenters. The fourth-order valence-corrected chi connectivity index (χ4v) is 2.33.